The molecule has 0 saturated carbocycles. The Balaban J connectivity index is 1.96. The molecule has 7 heteroatoms. The summed E-state index contributed by atoms with van der Waals surface area (Å²) < 4.78 is 0. The van der Waals surface area contributed by atoms with Gasteiger partial charge in [0.05, 0.1) is 11.3 Å². The molecule has 0 saturated heterocycles. The predicted molar refractivity (Wildman–Crippen MR) is 84.8 cm³/mol. The van der Waals surface area contributed by atoms with Crippen molar-refractivity contribution in [2.75, 3.05) is 0 Å². The van der Waals surface area contributed by atoms with Crippen molar-refractivity contribution in [3.05, 3.63) is 75.3 Å². The zero-order valence-electron chi connectivity index (χ0n) is 12.4. The second-order valence-corrected chi connectivity index (χ2v) is 4.91. The highest BCUT2D eigenvalue weighted by molar-refractivity contribution is 5.97. The van der Waals surface area contributed by atoms with Crippen LogP contribution in [0.15, 0.2) is 53.7 Å². The lowest BCUT2D eigenvalue weighted by Crippen LogP contribution is -2.15. The van der Waals surface area contributed by atoms with E-state index in [-0.39, 0.29) is 17.9 Å². The van der Waals surface area contributed by atoms with Gasteiger partial charge in [0.1, 0.15) is 0 Å². The summed E-state index contributed by atoms with van der Waals surface area (Å²) in [5, 5.41) is 14.1. The largest absolute Gasteiger partial charge is 0.380 e. The Hall–Kier alpha value is -3.22. The first-order chi connectivity index (χ1) is 11.0. The van der Waals surface area contributed by atoms with Crippen LogP contribution in [0, 0.1) is 17.0 Å². The smallest absolute Gasteiger partial charge is 0.339 e. The highest BCUT2D eigenvalue weighted by Crippen LogP contribution is 2.12. The lowest BCUT2D eigenvalue weighted by Gasteiger charge is -2.02. The van der Waals surface area contributed by atoms with E-state index in [1.165, 1.54) is 24.3 Å². The fourth-order valence-electron chi connectivity index (χ4n) is 1.81. The first-order valence-electron chi connectivity index (χ1n) is 6.79. The highest BCUT2D eigenvalue weighted by atomic mass is 16.7. The van der Waals surface area contributed by atoms with Crippen LogP contribution < -0.4 is 5.73 Å². The van der Waals surface area contributed by atoms with E-state index in [1.807, 2.05) is 31.2 Å². The van der Waals surface area contributed by atoms with Crippen molar-refractivity contribution >= 4 is 17.5 Å². The summed E-state index contributed by atoms with van der Waals surface area (Å²) in [5.41, 5.74) is 7.97. The monoisotopic (exact) mass is 313 g/mol. The summed E-state index contributed by atoms with van der Waals surface area (Å²) in [5.74, 6) is -0.573. The Kier molecular flexibility index (Phi) is 5.03. The summed E-state index contributed by atoms with van der Waals surface area (Å²) in [7, 11) is 0. The van der Waals surface area contributed by atoms with Gasteiger partial charge in [0, 0.05) is 17.7 Å². The molecule has 0 amide bonds. The van der Waals surface area contributed by atoms with Crippen LogP contribution in [0.3, 0.4) is 0 Å². The molecule has 0 aliphatic heterocycles. The number of hydrogen-bond donors (Lipinski definition) is 1. The van der Waals surface area contributed by atoms with Crippen LogP contribution in [-0.2, 0) is 16.1 Å². The summed E-state index contributed by atoms with van der Waals surface area (Å²) in [6.07, 6.45) is 0.0807. The topological polar surface area (TPSA) is 108 Å². The van der Waals surface area contributed by atoms with Crippen LogP contribution in [0.5, 0.6) is 0 Å². The van der Waals surface area contributed by atoms with Gasteiger partial charge in [0.2, 0.25) is 0 Å². The van der Waals surface area contributed by atoms with Gasteiger partial charge in [-0.3, -0.25) is 10.1 Å². The Morgan fingerprint density at radius 3 is 2.35 bits per heavy atom. The number of nitrogens with two attached hydrogens (primary N) is 1. The van der Waals surface area contributed by atoms with Crippen LogP contribution in [0.4, 0.5) is 5.69 Å². The molecule has 0 spiro atoms. The van der Waals surface area contributed by atoms with Crippen LogP contribution in [0.2, 0.25) is 0 Å². The summed E-state index contributed by atoms with van der Waals surface area (Å²) in [6.45, 7) is 1.96. The second kappa shape index (κ2) is 7.17. The number of oxime groups is 1. The molecule has 0 aliphatic carbocycles. The number of carbonyl (C=O) groups excluding carboxylic acids is 1. The molecule has 23 heavy (non-hydrogen) atoms. The van der Waals surface area contributed by atoms with Crippen molar-refractivity contribution in [3.63, 3.8) is 0 Å². The van der Waals surface area contributed by atoms with Gasteiger partial charge in [-0.1, -0.05) is 35.0 Å². The van der Waals surface area contributed by atoms with Gasteiger partial charge in [0.15, 0.2) is 5.84 Å². The number of rotatable bonds is 5. The van der Waals surface area contributed by atoms with Crippen molar-refractivity contribution in [1.29, 1.82) is 0 Å². The molecule has 2 aromatic rings. The van der Waals surface area contributed by atoms with E-state index in [2.05, 4.69) is 5.16 Å². The average molecular weight is 313 g/mol. The summed E-state index contributed by atoms with van der Waals surface area (Å²) in [4.78, 5) is 26.5. The van der Waals surface area contributed by atoms with E-state index in [4.69, 9.17) is 10.6 Å². The van der Waals surface area contributed by atoms with Crippen molar-refractivity contribution in [1.82, 2.24) is 0 Å². The number of nitrogens with zero attached hydrogens (tertiary/aromatic N) is 2. The van der Waals surface area contributed by atoms with E-state index in [1.54, 1.807) is 0 Å². The molecule has 0 aliphatic rings. The SMILES string of the molecule is Cc1ccc(CC(=O)ON=C(N)c2ccc([N+](=O)[O-])cc2)cc1. The first kappa shape index (κ1) is 16.2. The molecule has 2 rings (SSSR count). The third-order valence-corrected chi connectivity index (χ3v) is 3.09. The number of nitro groups is 1. The van der Waals surface area contributed by atoms with E-state index in [9.17, 15) is 14.9 Å². The fraction of sp³-hybridized carbons (Fsp3) is 0.125. The highest BCUT2D eigenvalue weighted by Gasteiger charge is 2.08. The molecule has 7 nitrogen and oxygen atoms in total. The third kappa shape index (κ3) is 4.63. The minimum atomic E-state index is -0.543. The summed E-state index contributed by atoms with van der Waals surface area (Å²) in [6, 6.07) is 12.9. The Bertz CT molecular complexity index is 737. The zero-order valence-corrected chi connectivity index (χ0v) is 12.4. The fourth-order valence-corrected chi connectivity index (χ4v) is 1.81. The molecule has 0 heterocycles. The van der Waals surface area contributed by atoms with E-state index in [0.29, 0.717) is 5.56 Å². The normalized spacial score (nSPS) is 11.1. The van der Waals surface area contributed by atoms with Gasteiger partial charge in [0.25, 0.3) is 5.69 Å². The molecule has 0 bridgehead atoms. The molecular weight excluding hydrogens is 298 g/mol. The van der Waals surface area contributed by atoms with Crippen LogP contribution in [-0.4, -0.2) is 16.7 Å². The minimum Gasteiger partial charge on any atom is -0.380 e. The maximum Gasteiger partial charge on any atom is 0.339 e. The molecule has 2 N–H and O–H groups in total. The molecule has 0 fully saturated rings. The van der Waals surface area contributed by atoms with Gasteiger partial charge >= 0.3 is 5.97 Å². The number of non-ortho nitro benzene ring substituents is 1. The molecule has 0 atom stereocenters. The number of benzene rings is 2. The van der Waals surface area contributed by atoms with Gasteiger partial charge in [-0.05, 0) is 24.6 Å². The van der Waals surface area contributed by atoms with Crippen LogP contribution >= 0.6 is 0 Å². The Morgan fingerprint density at radius 2 is 1.78 bits per heavy atom. The maximum atomic E-state index is 11.7. The first-order valence-corrected chi connectivity index (χ1v) is 6.79. The van der Waals surface area contributed by atoms with Crippen molar-refractivity contribution in [2.24, 2.45) is 10.9 Å². The van der Waals surface area contributed by atoms with Crippen LogP contribution in [0.1, 0.15) is 16.7 Å². The van der Waals surface area contributed by atoms with Crippen molar-refractivity contribution in [3.8, 4) is 0 Å². The quantitative estimate of drug-likeness (QED) is 0.299. The minimum absolute atomic E-state index is 0.0304. The maximum absolute atomic E-state index is 11.7. The number of carbonyl (C=O) groups is 1. The lowest BCUT2D eigenvalue weighted by atomic mass is 10.1. The lowest BCUT2D eigenvalue weighted by molar-refractivity contribution is -0.384. The Labute approximate surface area is 132 Å². The molecular formula is C16H15N3O4. The van der Waals surface area contributed by atoms with Crippen molar-refractivity contribution < 1.29 is 14.6 Å². The number of aryl methyl sites for hydroxylation is 1. The van der Waals surface area contributed by atoms with E-state index >= 15 is 0 Å². The van der Waals surface area contributed by atoms with E-state index < -0.39 is 10.9 Å². The molecule has 0 radical (unpaired) electrons. The number of amidine groups is 1. The third-order valence-electron chi connectivity index (χ3n) is 3.09. The number of hydrogen-bond acceptors (Lipinski definition) is 5. The van der Waals surface area contributed by atoms with Gasteiger partial charge in [-0.25, -0.2) is 4.79 Å². The van der Waals surface area contributed by atoms with E-state index in [0.717, 1.165) is 11.1 Å². The zero-order chi connectivity index (χ0) is 16.8. The van der Waals surface area contributed by atoms with Gasteiger partial charge < -0.3 is 10.6 Å². The molecule has 0 unspecified atom stereocenters. The molecule has 2 aromatic carbocycles. The van der Waals surface area contributed by atoms with Gasteiger partial charge in [-0.2, -0.15) is 0 Å². The summed E-state index contributed by atoms with van der Waals surface area (Å²) >= 11 is 0. The number of nitro benzene ring substituents is 1. The Morgan fingerprint density at radius 1 is 1.17 bits per heavy atom. The van der Waals surface area contributed by atoms with Crippen molar-refractivity contribution in [2.45, 2.75) is 13.3 Å². The van der Waals surface area contributed by atoms with Gasteiger partial charge in [-0.15, -0.1) is 0 Å². The molecule has 118 valence electrons. The average Bonchev–Trinajstić information content (AvgIpc) is 2.55. The van der Waals surface area contributed by atoms with Crippen LogP contribution in [0.25, 0.3) is 0 Å². The standard InChI is InChI=1S/C16H15N3O4/c1-11-2-4-12(5-3-11)10-15(20)23-18-16(17)13-6-8-14(9-7-13)19(21)22/h2-9H,10H2,1H3,(H2,17,18). The molecule has 0 aromatic heterocycles. The second-order valence-electron chi connectivity index (χ2n) is 4.91. The predicted octanol–water partition coefficient (Wildman–Crippen LogP) is 2.31.